The fraction of sp³-hybridized carbons (Fsp3) is 0.263. The predicted molar refractivity (Wildman–Crippen MR) is 102 cm³/mol. The first-order chi connectivity index (χ1) is 13.5. The second-order valence-corrected chi connectivity index (χ2v) is 8.64. The molecule has 1 N–H and O–H groups in total. The van der Waals surface area contributed by atoms with Gasteiger partial charge in [0.15, 0.2) is 18.9 Å². The molecule has 1 saturated heterocycles. The molecule has 144 valence electrons. The number of rotatable bonds is 6. The van der Waals surface area contributed by atoms with Gasteiger partial charge in [-0.2, -0.15) is 0 Å². The molecule has 0 aromatic carbocycles. The summed E-state index contributed by atoms with van der Waals surface area (Å²) in [4.78, 5) is 38.8. The van der Waals surface area contributed by atoms with Crippen molar-refractivity contribution in [2.75, 3.05) is 5.75 Å². The van der Waals surface area contributed by atoms with Crippen LogP contribution in [0, 0.1) is 0 Å². The van der Waals surface area contributed by atoms with Gasteiger partial charge in [0.05, 0.1) is 18.1 Å². The fourth-order valence-corrected chi connectivity index (χ4v) is 5.39. The van der Waals surface area contributed by atoms with E-state index in [2.05, 4.69) is 5.32 Å². The van der Waals surface area contributed by atoms with E-state index in [0.29, 0.717) is 17.9 Å². The summed E-state index contributed by atoms with van der Waals surface area (Å²) in [5.41, 5.74) is 0.544. The third-order valence-corrected chi connectivity index (χ3v) is 6.84. The normalized spacial score (nSPS) is 20.4. The Balaban J connectivity index is 0.00000240. The van der Waals surface area contributed by atoms with E-state index in [0.717, 1.165) is 4.88 Å². The van der Waals surface area contributed by atoms with Crippen LogP contribution in [0.25, 0.3) is 0 Å². The van der Waals surface area contributed by atoms with Gasteiger partial charge in [-0.05, 0) is 11.4 Å². The Morgan fingerprint density at radius 2 is 2.00 bits per heavy atom. The molecule has 4 heterocycles. The Bertz CT molecular complexity index is 950. The van der Waals surface area contributed by atoms with Crippen LogP contribution in [0.3, 0.4) is 0 Å². The van der Waals surface area contributed by atoms with Crippen molar-refractivity contribution < 1.29 is 56.8 Å². The van der Waals surface area contributed by atoms with Crippen molar-refractivity contribution in [1.82, 2.24) is 10.2 Å². The number of aliphatic carboxylic acids is 1. The van der Waals surface area contributed by atoms with E-state index in [1.165, 1.54) is 28.0 Å². The maximum atomic E-state index is 12.6. The van der Waals surface area contributed by atoms with Gasteiger partial charge in [0.2, 0.25) is 5.91 Å². The number of thioether (sulfide) groups is 1. The van der Waals surface area contributed by atoms with Crippen molar-refractivity contribution in [3.05, 3.63) is 64.3 Å². The summed E-state index contributed by atoms with van der Waals surface area (Å²) in [6.45, 7) is 0.364. The molecule has 0 bridgehead atoms. The van der Waals surface area contributed by atoms with Crippen molar-refractivity contribution in [3.63, 3.8) is 0 Å². The number of nitrogens with one attached hydrogen (secondary N) is 1. The van der Waals surface area contributed by atoms with E-state index in [4.69, 9.17) is 0 Å². The Morgan fingerprint density at radius 3 is 2.66 bits per heavy atom. The largest absolute Gasteiger partial charge is 3.00 e. The number of fused-ring (bicyclic) bond motifs is 1. The van der Waals surface area contributed by atoms with E-state index in [9.17, 15) is 19.5 Å². The van der Waals surface area contributed by atoms with Gasteiger partial charge < -0.3 is 15.2 Å². The number of hydrogen-bond donors (Lipinski definition) is 1. The molecular weight excluding hydrogens is 487 g/mol. The number of amides is 2. The number of carbonyl (C=O) groups is 3. The summed E-state index contributed by atoms with van der Waals surface area (Å²) < 4.78 is 1.85. The molecule has 0 aliphatic carbocycles. The van der Waals surface area contributed by atoms with Crippen LogP contribution in [-0.2, 0) is 60.1 Å². The van der Waals surface area contributed by atoms with E-state index in [1.54, 1.807) is 0 Å². The second-order valence-electron chi connectivity index (χ2n) is 6.50. The summed E-state index contributed by atoms with van der Waals surface area (Å²) in [7, 11) is 0. The molecule has 10 heteroatoms. The summed E-state index contributed by atoms with van der Waals surface area (Å²) in [6, 6.07) is 8.59. The van der Waals surface area contributed by atoms with Gasteiger partial charge in [0.1, 0.15) is 11.4 Å². The first-order valence-electron chi connectivity index (χ1n) is 8.68. The zero-order chi connectivity index (χ0) is 19.7. The monoisotopic (exact) mass is 504 g/mol. The molecule has 0 saturated carbocycles. The fourth-order valence-electron chi connectivity index (χ4n) is 3.35. The number of thiophene rings is 1. The first-order valence-corrected chi connectivity index (χ1v) is 10.6. The van der Waals surface area contributed by atoms with Crippen LogP contribution >= 0.6 is 23.1 Å². The van der Waals surface area contributed by atoms with Crippen molar-refractivity contribution in [1.29, 1.82) is 0 Å². The smallest absolute Gasteiger partial charge is 0.543 e. The average molecular weight is 504 g/mol. The number of hydrogen-bond acceptors (Lipinski definition) is 6. The Hall–Kier alpha value is -1.55. The number of carbonyl (C=O) groups excluding carboxylic acids is 3. The van der Waals surface area contributed by atoms with Crippen LogP contribution < -0.4 is 15.0 Å². The van der Waals surface area contributed by atoms with Crippen LogP contribution in [0.15, 0.2) is 59.4 Å². The first kappa shape index (κ1) is 22.1. The Labute approximate surface area is 201 Å². The Morgan fingerprint density at radius 1 is 1.24 bits per heavy atom. The standard InChI is InChI=1S/C19H17N3O4S2.Y/c23-14(9-13-5-4-8-27-13)20-15-17(24)22-16(19(25)26)12(11-28-18(15)22)10-21-6-2-1-3-7-21;/h1-8,15,18H,9-11H2,(H-,20,23,25,26);/q;+3/t15-,18-;/m1./s1. The van der Waals surface area contributed by atoms with Crippen LogP contribution in [0.2, 0.25) is 0 Å². The number of pyridine rings is 1. The second kappa shape index (κ2) is 9.51. The minimum absolute atomic E-state index is 0. The van der Waals surface area contributed by atoms with Gasteiger partial charge in [0.25, 0.3) is 5.91 Å². The SMILES string of the molecule is O=C(Cc1cccs1)N[C@@H]1C(=O)N2C(C(=O)[O-])=C(C[n+]3ccccc3)CS[C@H]12.[Y+3]. The zero-order valence-corrected chi connectivity index (χ0v) is 19.8. The maximum absolute atomic E-state index is 12.6. The summed E-state index contributed by atoms with van der Waals surface area (Å²) in [6.07, 6.45) is 3.88. The van der Waals surface area contributed by atoms with Crippen molar-refractivity contribution >= 4 is 40.9 Å². The number of aromatic nitrogens is 1. The predicted octanol–water partition coefficient (Wildman–Crippen LogP) is -0.320. The van der Waals surface area contributed by atoms with Crippen molar-refractivity contribution in [2.24, 2.45) is 0 Å². The number of carboxylic acid groups (broad SMARTS) is 1. The van der Waals surface area contributed by atoms with Gasteiger partial charge in [-0.3, -0.25) is 14.5 Å². The number of nitrogens with zero attached hydrogens (tertiary/aromatic N) is 2. The van der Waals surface area contributed by atoms with Gasteiger partial charge in [-0.25, -0.2) is 4.57 Å². The number of β-lactam (4-membered cyclic amide) rings is 1. The zero-order valence-electron chi connectivity index (χ0n) is 15.3. The summed E-state index contributed by atoms with van der Waals surface area (Å²) in [5, 5.41) is 16.0. The van der Waals surface area contributed by atoms with Crippen LogP contribution in [0.5, 0.6) is 0 Å². The van der Waals surface area contributed by atoms with E-state index in [1.807, 2.05) is 52.7 Å². The maximum Gasteiger partial charge on any atom is 3.00 e. The molecule has 29 heavy (non-hydrogen) atoms. The molecule has 1 fully saturated rings. The molecule has 2 aromatic heterocycles. The average Bonchev–Trinajstić information content (AvgIpc) is 3.19. The molecule has 2 aliphatic heterocycles. The van der Waals surface area contributed by atoms with Gasteiger partial charge in [0, 0.05) is 28.3 Å². The van der Waals surface area contributed by atoms with Crippen LogP contribution in [-0.4, -0.2) is 39.9 Å². The van der Waals surface area contributed by atoms with Gasteiger partial charge in [-0.1, -0.05) is 12.1 Å². The van der Waals surface area contributed by atoms with Gasteiger partial charge in [-0.15, -0.1) is 23.1 Å². The Kier molecular flexibility index (Phi) is 7.26. The third kappa shape index (κ3) is 4.63. The van der Waals surface area contributed by atoms with Gasteiger partial charge >= 0.3 is 32.7 Å². The summed E-state index contributed by atoms with van der Waals surface area (Å²) in [5.74, 6) is -1.57. The molecular formula is C19H17N3O4S2Y+3. The quantitative estimate of drug-likeness (QED) is 0.430. The minimum atomic E-state index is -1.37. The molecule has 2 amide bonds. The molecule has 7 nitrogen and oxygen atoms in total. The van der Waals surface area contributed by atoms with E-state index >= 15 is 0 Å². The topological polar surface area (TPSA) is 93.4 Å². The third-order valence-electron chi connectivity index (χ3n) is 4.62. The van der Waals surface area contributed by atoms with Crippen LogP contribution in [0.1, 0.15) is 4.88 Å². The van der Waals surface area contributed by atoms with Crippen molar-refractivity contribution in [2.45, 2.75) is 24.4 Å². The molecule has 0 spiro atoms. The molecule has 2 aliphatic rings. The molecule has 0 radical (unpaired) electrons. The molecule has 4 rings (SSSR count). The minimum Gasteiger partial charge on any atom is -0.543 e. The van der Waals surface area contributed by atoms with Crippen molar-refractivity contribution in [3.8, 4) is 0 Å². The van der Waals surface area contributed by atoms with E-state index < -0.39 is 23.3 Å². The molecule has 2 atom stereocenters. The summed E-state index contributed by atoms with van der Waals surface area (Å²) >= 11 is 2.93. The molecule has 0 unspecified atom stereocenters. The molecule has 2 aromatic rings. The van der Waals surface area contributed by atoms with Crippen LogP contribution in [0.4, 0.5) is 0 Å². The number of carboxylic acids is 1. The van der Waals surface area contributed by atoms with E-state index in [-0.39, 0.29) is 50.7 Å².